The molecule has 0 saturated carbocycles. The lowest BCUT2D eigenvalue weighted by Crippen LogP contribution is -2.30. The molecule has 0 bridgehead atoms. The van der Waals surface area contributed by atoms with Gasteiger partial charge in [0.15, 0.2) is 6.61 Å². The van der Waals surface area contributed by atoms with Crippen LogP contribution in [0.2, 0.25) is 5.02 Å². The Hall–Kier alpha value is -1.59. The van der Waals surface area contributed by atoms with Crippen molar-refractivity contribution in [2.75, 3.05) is 13.7 Å². The van der Waals surface area contributed by atoms with Crippen molar-refractivity contribution in [3.63, 3.8) is 0 Å². The first-order valence-electron chi connectivity index (χ1n) is 5.66. The number of carbonyl (C=O) groups is 1. The predicted octanol–water partition coefficient (Wildman–Crippen LogP) is 2.83. The Kier molecular flexibility index (Phi) is 4.76. The number of amides is 1. The summed E-state index contributed by atoms with van der Waals surface area (Å²) in [4.78, 5) is 17.6. The van der Waals surface area contributed by atoms with Crippen molar-refractivity contribution < 1.29 is 9.53 Å². The van der Waals surface area contributed by atoms with Crippen molar-refractivity contribution in [3.05, 3.63) is 45.9 Å². The van der Waals surface area contributed by atoms with E-state index in [1.807, 2.05) is 5.38 Å². The van der Waals surface area contributed by atoms with Gasteiger partial charge in [-0.2, -0.15) is 0 Å². The minimum absolute atomic E-state index is 0.00348. The molecular weight excluding hydrogens is 284 g/mol. The summed E-state index contributed by atoms with van der Waals surface area (Å²) in [6.45, 7) is 0.504. The molecule has 1 aromatic heterocycles. The number of halogens is 1. The molecule has 0 saturated heterocycles. The third-order valence-corrected chi connectivity index (χ3v) is 3.47. The average Bonchev–Trinajstić information content (AvgIpc) is 2.90. The Bertz CT molecular complexity index is 528. The summed E-state index contributed by atoms with van der Waals surface area (Å²) in [5.74, 6) is 0.533. The zero-order valence-corrected chi connectivity index (χ0v) is 11.9. The van der Waals surface area contributed by atoms with Crippen molar-refractivity contribution in [1.82, 2.24) is 9.88 Å². The molecule has 4 nitrogen and oxygen atoms in total. The number of nitrogens with zero attached hydrogens (tertiary/aromatic N) is 2. The maximum atomic E-state index is 11.9. The van der Waals surface area contributed by atoms with Crippen molar-refractivity contribution in [2.24, 2.45) is 0 Å². The first kappa shape index (κ1) is 13.8. The van der Waals surface area contributed by atoms with Crippen LogP contribution < -0.4 is 4.74 Å². The van der Waals surface area contributed by atoms with Crippen LogP contribution >= 0.6 is 22.9 Å². The third kappa shape index (κ3) is 4.22. The molecule has 0 aliphatic rings. The number of carbonyl (C=O) groups excluding carboxylic acids is 1. The number of thiazole rings is 1. The molecule has 6 heteroatoms. The fourth-order valence-corrected chi connectivity index (χ4v) is 2.20. The van der Waals surface area contributed by atoms with Crippen LogP contribution in [0, 0.1) is 0 Å². The number of rotatable bonds is 5. The van der Waals surface area contributed by atoms with Gasteiger partial charge in [0.1, 0.15) is 10.8 Å². The first-order valence-corrected chi connectivity index (χ1v) is 6.91. The largest absolute Gasteiger partial charge is 0.484 e. The van der Waals surface area contributed by atoms with E-state index < -0.39 is 0 Å². The molecule has 100 valence electrons. The average molecular weight is 297 g/mol. The van der Waals surface area contributed by atoms with Gasteiger partial charge in [-0.05, 0) is 24.3 Å². The van der Waals surface area contributed by atoms with Crippen LogP contribution in [-0.4, -0.2) is 29.4 Å². The molecule has 1 heterocycles. The van der Waals surface area contributed by atoms with Gasteiger partial charge in [-0.15, -0.1) is 11.3 Å². The molecule has 1 aromatic carbocycles. The molecule has 2 rings (SSSR count). The molecule has 1 amide bonds. The summed E-state index contributed by atoms with van der Waals surface area (Å²) >= 11 is 7.29. The lowest BCUT2D eigenvalue weighted by Gasteiger charge is -2.16. The molecule has 0 aliphatic carbocycles. The fraction of sp³-hybridized carbons (Fsp3) is 0.231. The highest BCUT2D eigenvalue weighted by atomic mass is 35.5. The molecule has 0 atom stereocenters. The van der Waals surface area contributed by atoms with Gasteiger partial charge in [0.2, 0.25) is 0 Å². The first-order chi connectivity index (χ1) is 9.15. The fourth-order valence-electron chi connectivity index (χ4n) is 1.41. The van der Waals surface area contributed by atoms with Crippen molar-refractivity contribution >= 4 is 28.8 Å². The van der Waals surface area contributed by atoms with Gasteiger partial charge in [-0.1, -0.05) is 11.6 Å². The van der Waals surface area contributed by atoms with Crippen LogP contribution in [-0.2, 0) is 11.3 Å². The minimum atomic E-state index is -0.0925. The quantitative estimate of drug-likeness (QED) is 0.852. The molecule has 0 fully saturated rings. The molecule has 0 N–H and O–H groups in total. The molecule has 19 heavy (non-hydrogen) atoms. The topological polar surface area (TPSA) is 42.4 Å². The van der Waals surface area contributed by atoms with Crippen molar-refractivity contribution in [2.45, 2.75) is 6.54 Å². The van der Waals surface area contributed by atoms with Crippen molar-refractivity contribution in [3.8, 4) is 5.75 Å². The molecular formula is C13H13ClN2O2S. The van der Waals surface area contributed by atoms with E-state index in [0.29, 0.717) is 17.3 Å². The lowest BCUT2D eigenvalue weighted by molar-refractivity contribution is -0.132. The summed E-state index contributed by atoms with van der Waals surface area (Å²) in [5.41, 5.74) is 0. The van der Waals surface area contributed by atoms with E-state index in [1.165, 1.54) is 11.3 Å². The predicted molar refractivity (Wildman–Crippen MR) is 75.5 cm³/mol. The number of benzene rings is 1. The standard InChI is InChI=1S/C13H13ClN2O2S/c1-16(8-12-15-6-7-19-12)13(17)9-18-11-4-2-10(14)3-5-11/h2-7H,8-9H2,1H3. The van der Waals surface area contributed by atoms with E-state index in [-0.39, 0.29) is 12.5 Å². The molecule has 0 unspecified atom stereocenters. The molecule has 0 spiro atoms. The molecule has 2 aromatic rings. The van der Waals surface area contributed by atoms with Gasteiger partial charge in [-0.3, -0.25) is 4.79 Å². The van der Waals surface area contributed by atoms with Gasteiger partial charge in [0, 0.05) is 23.6 Å². The van der Waals surface area contributed by atoms with E-state index in [0.717, 1.165) is 5.01 Å². The van der Waals surface area contributed by atoms with E-state index in [4.69, 9.17) is 16.3 Å². The Balaban J connectivity index is 1.82. The van der Waals surface area contributed by atoms with Gasteiger partial charge < -0.3 is 9.64 Å². The lowest BCUT2D eigenvalue weighted by atomic mass is 10.3. The summed E-state index contributed by atoms with van der Waals surface area (Å²) in [5, 5.41) is 3.43. The Morgan fingerprint density at radius 1 is 1.42 bits per heavy atom. The van der Waals surface area contributed by atoms with Crippen LogP contribution in [0.15, 0.2) is 35.8 Å². The number of aromatic nitrogens is 1. The Morgan fingerprint density at radius 3 is 2.79 bits per heavy atom. The highest BCUT2D eigenvalue weighted by Crippen LogP contribution is 2.15. The molecule has 0 radical (unpaired) electrons. The third-order valence-electron chi connectivity index (χ3n) is 2.46. The number of hydrogen-bond acceptors (Lipinski definition) is 4. The minimum Gasteiger partial charge on any atom is -0.484 e. The Labute approximate surface area is 120 Å². The van der Waals surface area contributed by atoms with Gasteiger partial charge in [-0.25, -0.2) is 4.98 Å². The van der Waals surface area contributed by atoms with Crippen LogP contribution in [0.3, 0.4) is 0 Å². The van der Waals surface area contributed by atoms with Crippen LogP contribution in [0.25, 0.3) is 0 Å². The van der Waals surface area contributed by atoms with E-state index in [9.17, 15) is 4.79 Å². The second-order valence-electron chi connectivity index (χ2n) is 3.92. The monoisotopic (exact) mass is 296 g/mol. The summed E-state index contributed by atoms with van der Waals surface area (Å²) < 4.78 is 5.40. The van der Waals surface area contributed by atoms with Crippen LogP contribution in [0.5, 0.6) is 5.75 Å². The number of likely N-dealkylation sites (N-methyl/N-ethyl adjacent to an activating group) is 1. The summed E-state index contributed by atoms with van der Waals surface area (Å²) in [7, 11) is 1.73. The number of ether oxygens (including phenoxy) is 1. The highest BCUT2D eigenvalue weighted by Gasteiger charge is 2.11. The van der Waals surface area contributed by atoms with E-state index >= 15 is 0 Å². The number of hydrogen-bond donors (Lipinski definition) is 0. The van der Waals surface area contributed by atoms with E-state index in [2.05, 4.69) is 4.98 Å². The smallest absolute Gasteiger partial charge is 0.260 e. The maximum Gasteiger partial charge on any atom is 0.260 e. The zero-order valence-electron chi connectivity index (χ0n) is 10.4. The van der Waals surface area contributed by atoms with Gasteiger partial charge >= 0.3 is 0 Å². The summed E-state index contributed by atoms with van der Waals surface area (Å²) in [6, 6.07) is 6.91. The van der Waals surface area contributed by atoms with Gasteiger partial charge in [0.05, 0.1) is 6.54 Å². The highest BCUT2D eigenvalue weighted by molar-refractivity contribution is 7.09. The van der Waals surface area contributed by atoms with Gasteiger partial charge in [0.25, 0.3) is 5.91 Å². The van der Waals surface area contributed by atoms with Crippen LogP contribution in [0.4, 0.5) is 0 Å². The SMILES string of the molecule is CN(Cc1nccs1)C(=O)COc1ccc(Cl)cc1. The maximum absolute atomic E-state index is 11.9. The Morgan fingerprint density at radius 2 is 2.16 bits per heavy atom. The zero-order chi connectivity index (χ0) is 13.7. The van der Waals surface area contributed by atoms with Crippen molar-refractivity contribution in [1.29, 1.82) is 0 Å². The molecule has 0 aliphatic heterocycles. The van der Waals surface area contributed by atoms with Crippen LogP contribution in [0.1, 0.15) is 5.01 Å². The normalized spacial score (nSPS) is 10.2. The second kappa shape index (κ2) is 6.54. The van der Waals surface area contributed by atoms with E-state index in [1.54, 1.807) is 42.4 Å². The second-order valence-corrected chi connectivity index (χ2v) is 5.33. The summed E-state index contributed by atoms with van der Waals surface area (Å²) in [6.07, 6.45) is 1.72.